The Balaban J connectivity index is 2.01. The number of benzene rings is 1. The van der Waals surface area contributed by atoms with Crippen LogP contribution in [0, 0.1) is 6.92 Å². The Morgan fingerprint density at radius 2 is 2.16 bits per heavy atom. The van der Waals surface area contributed by atoms with E-state index in [-0.39, 0.29) is 0 Å². The fourth-order valence-corrected chi connectivity index (χ4v) is 3.04. The molecule has 1 aliphatic heterocycles. The van der Waals surface area contributed by atoms with Crippen molar-refractivity contribution in [3.05, 3.63) is 42.4 Å². The number of hydrogen-bond acceptors (Lipinski definition) is 2. The molecule has 3 rings (SSSR count). The molecule has 0 spiro atoms. The van der Waals surface area contributed by atoms with Gasteiger partial charge in [0, 0.05) is 11.6 Å². The van der Waals surface area contributed by atoms with E-state index in [1.807, 2.05) is 12.5 Å². The summed E-state index contributed by atoms with van der Waals surface area (Å²) in [4.78, 5) is 4.38. The van der Waals surface area contributed by atoms with Crippen LogP contribution in [0.5, 0.6) is 0 Å². The van der Waals surface area contributed by atoms with Crippen molar-refractivity contribution < 1.29 is 0 Å². The molecule has 2 heterocycles. The summed E-state index contributed by atoms with van der Waals surface area (Å²) in [6.07, 6.45) is 6.43. The normalized spacial score (nSPS) is 23.5. The minimum absolute atomic E-state index is 0.505. The molecule has 2 unspecified atom stereocenters. The average Bonchev–Trinajstić information content (AvgIpc) is 2.89. The highest BCUT2D eigenvalue weighted by Crippen LogP contribution is 2.30. The fraction of sp³-hybridized carbons (Fsp3) is 0.438. The first-order valence-electron chi connectivity index (χ1n) is 7.08. The third kappa shape index (κ3) is 2.30. The second-order valence-corrected chi connectivity index (χ2v) is 5.45. The van der Waals surface area contributed by atoms with E-state index >= 15 is 0 Å². The molecule has 3 heteroatoms. The summed E-state index contributed by atoms with van der Waals surface area (Å²) < 4.78 is 2.35. The summed E-state index contributed by atoms with van der Waals surface area (Å²) in [5.41, 5.74) is 3.83. The zero-order valence-corrected chi connectivity index (χ0v) is 11.6. The smallest absolute Gasteiger partial charge is 0.0954 e. The predicted molar refractivity (Wildman–Crippen MR) is 78.1 cm³/mol. The van der Waals surface area contributed by atoms with Gasteiger partial charge in [-0.25, -0.2) is 4.98 Å². The zero-order chi connectivity index (χ0) is 13.2. The second kappa shape index (κ2) is 5.17. The first-order valence-corrected chi connectivity index (χ1v) is 7.08. The molecule has 100 valence electrons. The van der Waals surface area contributed by atoms with Gasteiger partial charge >= 0.3 is 0 Å². The number of piperidine rings is 1. The molecule has 1 fully saturated rings. The van der Waals surface area contributed by atoms with E-state index in [1.54, 1.807) is 0 Å². The molecule has 1 aromatic carbocycles. The summed E-state index contributed by atoms with van der Waals surface area (Å²) in [6, 6.07) is 9.54. The molecule has 3 nitrogen and oxygen atoms in total. The van der Waals surface area contributed by atoms with E-state index < -0.39 is 0 Å². The largest absolute Gasteiger partial charge is 0.326 e. The lowest BCUT2D eigenvalue weighted by Gasteiger charge is -2.32. The third-order valence-corrected chi connectivity index (χ3v) is 4.16. The highest BCUT2D eigenvalue weighted by molar-refractivity contribution is 5.63. The molecule has 1 aliphatic rings. The van der Waals surface area contributed by atoms with Gasteiger partial charge in [0.05, 0.1) is 24.3 Å². The molecule has 1 aromatic heterocycles. The van der Waals surface area contributed by atoms with E-state index in [4.69, 9.17) is 0 Å². The minimum Gasteiger partial charge on any atom is -0.326 e. The predicted octanol–water partition coefficient (Wildman–Crippen LogP) is 3.17. The van der Waals surface area contributed by atoms with E-state index in [2.05, 4.69) is 53.0 Å². The van der Waals surface area contributed by atoms with Gasteiger partial charge in [0.2, 0.25) is 0 Å². The second-order valence-electron chi connectivity index (χ2n) is 5.45. The van der Waals surface area contributed by atoms with Crippen molar-refractivity contribution in [2.24, 2.45) is 0 Å². The van der Waals surface area contributed by atoms with Gasteiger partial charge in [-0.2, -0.15) is 0 Å². The van der Waals surface area contributed by atoms with Crippen molar-refractivity contribution in [2.45, 2.75) is 38.8 Å². The number of nitrogens with one attached hydrogen (secondary N) is 1. The molecule has 19 heavy (non-hydrogen) atoms. The Hall–Kier alpha value is -1.61. The van der Waals surface area contributed by atoms with Gasteiger partial charge in [0.15, 0.2) is 0 Å². The van der Waals surface area contributed by atoms with E-state index in [0.29, 0.717) is 12.1 Å². The van der Waals surface area contributed by atoms with Gasteiger partial charge in [-0.3, -0.25) is 0 Å². The average molecular weight is 255 g/mol. The van der Waals surface area contributed by atoms with Crippen LogP contribution in [0.1, 0.15) is 31.4 Å². The molecule has 2 atom stereocenters. The lowest BCUT2D eigenvalue weighted by atomic mass is 9.98. The number of aromatic nitrogens is 2. The molecule has 0 aliphatic carbocycles. The van der Waals surface area contributed by atoms with Crippen LogP contribution >= 0.6 is 0 Å². The Labute approximate surface area is 114 Å². The van der Waals surface area contributed by atoms with Crippen LogP contribution in [0.3, 0.4) is 0 Å². The van der Waals surface area contributed by atoms with Crippen LogP contribution in [-0.2, 0) is 0 Å². The maximum Gasteiger partial charge on any atom is 0.0954 e. The van der Waals surface area contributed by atoms with Gasteiger partial charge in [-0.15, -0.1) is 0 Å². The number of imidazole rings is 1. The molecular formula is C16H21N3. The van der Waals surface area contributed by atoms with Gasteiger partial charge in [-0.05, 0) is 38.8 Å². The number of hydrogen-bond donors (Lipinski definition) is 1. The quantitative estimate of drug-likeness (QED) is 0.893. The molecule has 0 radical (unpaired) electrons. The van der Waals surface area contributed by atoms with Crippen molar-refractivity contribution in [3.8, 4) is 11.3 Å². The van der Waals surface area contributed by atoms with Crippen molar-refractivity contribution in [1.29, 1.82) is 0 Å². The van der Waals surface area contributed by atoms with E-state index in [0.717, 1.165) is 6.54 Å². The van der Waals surface area contributed by atoms with Crippen LogP contribution < -0.4 is 5.32 Å². The highest BCUT2D eigenvalue weighted by atomic mass is 15.1. The molecule has 0 saturated carbocycles. The Kier molecular flexibility index (Phi) is 3.38. The summed E-state index contributed by atoms with van der Waals surface area (Å²) in [6.45, 7) is 5.56. The SMILES string of the molecule is Cc1ccccc1-c1cncn1C1CCCNC1C. The van der Waals surface area contributed by atoms with Crippen molar-refractivity contribution >= 4 is 0 Å². The van der Waals surface area contributed by atoms with Gasteiger partial charge < -0.3 is 9.88 Å². The molecule has 0 bridgehead atoms. The third-order valence-electron chi connectivity index (χ3n) is 4.16. The monoisotopic (exact) mass is 255 g/mol. The highest BCUT2D eigenvalue weighted by Gasteiger charge is 2.24. The maximum atomic E-state index is 4.38. The topological polar surface area (TPSA) is 29.9 Å². The zero-order valence-electron chi connectivity index (χ0n) is 11.6. The summed E-state index contributed by atoms with van der Waals surface area (Å²) in [7, 11) is 0. The van der Waals surface area contributed by atoms with E-state index in [1.165, 1.54) is 29.7 Å². The molecule has 2 aromatic rings. The standard InChI is InChI=1S/C16H21N3/c1-12-6-3-4-7-14(12)16-10-17-11-19(16)15-8-5-9-18-13(15)2/h3-4,6-7,10-11,13,15,18H,5,8-9H2,1-2H3. The van der Waals surface area contributed by atoms with Gasteiger partial charge in [0.1, 0.15) is 0 Å². The summed E-state index contributed by atoms with van der Waals surface area (Å²) >= 11 is 0. The van der Waals surface area contributed by atoms with Crippen LogP contribution in [0.25, 0.3) is 11.3 Å². The van der Waals surface area contributed by atoms with Crippen LogP contribution in [0.4, 0.5) is 0 Å². The Morgan fingerprint density at radius 3 is 2.95 bits per heavy atom. The lowest BCUT2D eigenvalue weighted by molar-refractivity contribution is 0.297. The van der Waals surface area contributed by atoms with Crippen molar-refractivity contribution in [3.63, 3.8) is 0 Å². The van der Waals surface area contributed by atoms with E-state index in [9.17, 15) is 0 Å². The minimum atomic E-state index is 0.505. The number of nitrogens with zero attached hydrogens (tertiary/aromatic N) is 2. The van der Waals surface area contributed by atoms with Gasteiger partial charge in [0.25, 0.3) is 0 Å². The fourth-order valence-electron chi connectivity index (χ4n) is 3.04. The maximum absolute atomic E-state index is 4.38. The van der Waals surface area contributed by atoms with Crippen LogP contribution in [0.2, 0.25) is 0 Å². The Morgan fingerprint density at radius 1 is 1.32 bits per heavy atom. The Bertz CT molecular complexity index is 559. The molecular weight excluding hydrogens is 234 g/mol. The summed E-state index contributed by atoms with van der Waals surface area (Å²) in [5, 5.41) is 3.57. The van der Waals surface area contributed by atoms with Crippen molar-refractivity contribution in [1.82, 2.24) is 14.9 Å². The van der Waals surface area contributed by atoms with Crippen LogP contribution in [0.15, 0.2) is 36.8 Å². The lowest BCUT2D eigenvalue weighted by Crippen LogP contribution is -2.40. The van der Waals surface area contributed by atoms with Gasteiger partial charge in [-0.1, -0.05) is 24.3 Å². The molecule has 1 N–H and O–H groups in total. The molecule has 1 saturated heterocycles. The number of rotatable bonds is 2. The number of aryl methyl sites for hydroxylation is 1. The van der Waals surface area contributed by atoms with Crippen molar-refractivity contribution in [2.75, 3.05) is 6.54 Å². The summed E-state index contributed by atoms with van der Waals surface area (Å²) in [5.74, 6) is 0. The first kappa shape index (κ1) is 12.4. The molecule has 0 amide bonds. The van der Waals surface area contributed by atoms with Crippen LogP contribution in [-0.4, -0.2) is 22.1 Å². The first-order chi connectivity index (χ1) is 9.27.